The standard InChI is InChI=1S/C12H19NO5/c1-11(2,10(17)18)7-12(6-4-9(15)16)5-3-8(14)13-12/h3-7H2,1-2H3,(H,13,14)(H,15,16)(H,17,18). The van der Waals surface area contributed by atoms with Gasteiger partial charge in [-0.3, -0.25) is 14.4 Å². The largest absolute Gasteiger partial charge is 0.481 e. The molecule has 3 N–H and O–H groups in total. The van der Waals surface area contributed by atoms with Gasteiger partial charge in [-0.25, -0.2) is 0 Å². The van der Waals surface area contributed by atoms with Crippen molar-refractivity contribution in [2.75, 3.05) is 0 Å². The highest BCUT2D eigenvalue weighted by molar-refractivity contribution is 5.80. The van der Waals surface area contributed by atoms with Crippen LogP contribution in [-0.4, -0.2) is 33.6 Å². The zero-order valence-corrected chi connectivity index (χ0v) is 10.7. The third kappa shape index (κ3) is 3.45. The fourth-order valence-corrected chi connectivity index (χ4v) is 2.45. The minimum atomic E-state index is -0.990. The highest BCUT2D eigenvalue weighted by Crippen LogP contribution is 2.37. The average molecular weight is 257 g/mol. The van der Waals surface area contributed by atoms with Crippen LogP contribution < -0.4 is 5.32 Å². The van der Waals surface area contributed by atoms with E-state index in [0.29, 0.717) is 12.8 Å². The maximum absolute atomic E-state index is 11.4. The number of carbonyl (C=O) groups excluding carboxylic acids is 1. The van der Waals surface area contributed by atoms with Gasteiger partial charge in [-0.05, 0) is 33.1 Å². The first-order valence-corrected chi connectivity index (χ1v) is 5.93. The van der Waals surface area contributed by atoms with Crippen LogP contribution in [0.2, 0.25) is 0 Å². The minimum Gasteiger partial charge on any atom is -0.481 e. The Morgan fingerprint density at radius 1 is 1.39 bits per heavy atom. The summed E-state index contributed by atoms with van der Waals surface area (Å²) < 4.78 is 0. The molecule has 6 nitrogen and oxygen atoms in total. The van der Waals surface area contributed by atoms with E-state index in [2.05, 4.69) is 5.32 Å². The summed E-state index contributed by atoms with van der Waals surface area (Å²) >= 11 is 0. The molecule has 0 bridgehead atoms. The smallest absolute Gasteiger partial charge is 0.309 e. The van der Waals surface area contributed by atoms with Gasteiger partial charge < -0.3 is 15.5 Å². The molecule has 1 atom stereocenters. The lowest BCUT2D eigenvalue weighted by molar-refractivity contribution is -0.148. The van der Waals surface area contributed by atoms with Crippen LogP contribution in [0.4, 0.5) is 0 Å². The summed E-state index contributed by atoms with van der Waals surface area (Å²) in [5.74, 6) is -2.02. The topological polar surface area (TPSA) is 104 Å². The zero-order chi connectivity index (χ0) is 14.0. The van der Waals surface area contributed by atoms with Crippen LogP contribution in [0.5, 0.6) is 0 Å². The molecule has 18 heavy (non-hydrogen) atoms. The van der Waals surface area contributed by atoms with Crippen LogP contribution in [0.1, 0.15) is 46.0 Å². The van der Waals surface area contributed by atoms with Crippen molar-refractivity contribution in [2.45, 2.75) is 51.5 Å². The van der Waals surface area contributed by atoms with Crippen molar-refractivity contribution < 1.29 is 24.6 Å². The molecule has 1 unspecified atom stereocenters. The van der Waals surface area contributed by atoms with Crippen molar-refractivity contribution in [3.05, 3.63) is 0 Å². The lowest BCUT2D eigenvalue weighted by Crippen LogP contribution is -2.47. The van der Waals surface area contributed by atoms with E-state index in [9.17, 15) is 14.4 Å². The average Bonchev–Trinajstić information content (AvgIpc) is 2.57. The van der Waals surface area contributed by atoms with Crippen molar-refractivity contribution in [2.24, 2.45) is 5.41 Å². The van der Waals surface area contributed by atoms with Gasteiger partial charge in [0.1, 0.15) is 0 Å². The molecule has 1 aliphatic rings. The molecule has 1 heterocycles. The van der Waals surface area contributed by atoms with Gasteiger partial charge in [-0.1, -0.05) is 0 Å². The van der Waals surface area contributed by atoms with Gasteiger partial charge >= 0.3 is 11.9 Å². The minimum absolute atomic E-state index is 0.0734. The maximum Gasteiger partial charge on any atom is 0.309 e. The predicted molar refractivity (Wildman–Crippen MR) is 63.0 cm³/mol. The van der Waals surface area contributed by atoms with E-state index < -0.39 is 22.9 Å². The number of nitrogens with one attached hydrogen (secondary N) is 1. The lowest BCUT2D eigenvalue weighted by Gasteiger charge is -2.35. The van der Waals surface area contributed by atoms with Gasteiger partial charge in [0, 0.05) is 18.4 Å². The highest BCUT2D eigenvalue weighted by atomic mass is 16.4. The summed E-state index contributed by atoms with van der Waals surface area (Å²) in [6, 6.07) is 0. The monoisotopic (exact) mass is 257 g/mol. The SMILES string of the molecule is CC(C)(CC1(CCC(=O)O)CCC(=O)N1)C(=O)O. The van der Waals surface area contributed by atoms with E-state index in [1.54, 1.807) is 13.8 Å². The molecular weight excluding hydrogens is 238 g/mol. The number of hydrogen-bond donors (Lipinski definition) is 3. The lowest BCUT2D eigenvalue weighted by atomic mass is 9.75. The number of rotatable bonds is 6. The number of carboxylic acid groups (broad SMARTS) is 2. The van der Waals surface area contributed by atoms with Crippen LogP contribution in [0.25, 0.3) is 0 Å². The second-order valence-electron chi connectivity index (χ2n) is 5.59. The van der Waals surface area contributed by atoms with Gasteiger partial charge in [0.25, 0.3) is 0 Å². The second-order valence-corrected chi connectivity index (χ2v) is 5.59. The fraction of sp³-hybridized carbons (Fsp3) is 0.750. The first kappa shape index (κ1) is 14.5. The Balaban J connectivity index is 2.82. The number of amides is 1. The van der Waals surface area contributed by atoms with Crippen LogP contribution in [0, 0.1) is 5.41 Å². The summed E-state index contributed by atoms with van der Waals surface area (Å²) in [5.41, 5.74) is -1.69. The van der Waals surface area contributed by atoms with Crippen LogP contribution in [0.15, 0.2) is 0 Å². The van der Waals surface area contributed by atoms with Crippen molar-refractivity contribution in [3.63, 3.8) is 0 Å². The van der Waals surface area contributed by atoms with E-state index in [1.807, 2.05) is 0 Å². The number of hydrogen-bond acceptors (Lipinski definition) is 3. The molecule has 0 aromatic rings. The molecule has 102 valence electrons. The Morgan fingerprint density at radius 2 is 2.00 bits per heavy atom. The third-order valence-corrected chi connectivity index (χ3v) is 3.41. The summed E-state index contributed by atoms with van der Waals surface area (Å²) in [5, 5.41) is 20.6. The molecule has 1 rings (SSSR count). The van der Waals surface area contributed by atoms with Crippen LogP contribution in [-0.2, 0) is 14.4 Å². The van der Waals surface area contributed by atoms with Gasteiger partial charge in [0.15, 0.2) is 0 Å². The van der Waals surface area contributed by atoms with Gasteiger partial charge in [0.05, 0.1) is 5.41 Å². The summed E-state index contributed by atoms with van der Waals surface area (Å²) in [6.45, 7) is 3.17. The first-order valence-electron chi connectivity index (χ1n) is 5.93. The first-order chi connectivity index (χ1) is 8.17. The van der Waals surface area contributed by atoms with Crippen molar-refractivity contribution in [3.8, 4) is 0 Å². The van der Waals surface area contributed by atoms with E-state index in [-0.39, 0.29) is 25.2 Å². The Bertz CT molecular complexity index is 377. The maximum atomic E-state index is 11.4. The fourth-order valence-electron chi connectivity index (χ4n) is 2.45. The Labute approximate surface area is 105 Å². The summed E-state index contributed by atoms with van der Waals surface area (Å²) in [6.07, 6.45) is 1.26. The molecule has 0 aliphatic carbocycles. The number of carbonyl (C=O) groups is 3. The molecule has 0 aromatic carbocycles. The Kier molecular flexibility index (Phi) is 3.98. The Hall–Kier alpha value is -1.59. The van der Waals surface area contributed by atoms with E-state index >= 15 is 0 Å². The molecular formula is C12H19NO5. The summed E-state index contributed by atoms with van der Waals surface area (Å²) in [7, 11) is 0. The number of aliphatic carboxylic acids is 2. The van der Waals surface area contributed by atoms with E-state index in [1.165, 1.54) is 0 Å². The Morgan fingerprint density at radius 3 is 2.39 bits per heavy atom. The molecule has 1 aliphatic heterocycles. The molecule has 0 aromatic heterocycles. The number of carboxylic acids is 2. The van der Waals surface area contributed by atoms with Crippen molar-refractivity contribution in [1.82, 2.24) is 5.32 Å². The van der Waals surface area contributed by atoms with Gasteiger partial charge in [-0.15, -0.1) is 0 Å². The molecule has 1 fully saturated rings. The molecule has 1 saturated heterocycles. The summed E-state index contributed by atoms with van der Waals surface area (Å²) in [4.78, 5) is 33.1. The zero-order valence-electron chi connectivity index (χ0n) is 10.7. The molecule has 0 saturated carbocycles. The van der Waals surface area contributed by atoms with Gasteiger partial charge in [0.2, 0.25) is 5.91 Å². The van der Waals surface area contributed by atoms with E-state index in [0.717, 1.165) is 0 Å². The quantitative estimate of drug-likeness (QED) is 0.658. The molecule has 0 radical (unpaired) electrons. The molecule has 0 spiro atoms. The van der Waals surface area contributed by atoms with Crippen LogP contribution in [0.3, 0.4) is 0 Å². The molecule has 1 amide bonds. The van der Waals surface area contributed by atoms with Crippen molar-refractivity contribution in [1.29, 1.82) is 0 Å². The normalized spacial score (nSPS) is 23.8. The predicted octanol–water partition coefficient (Wildman–Crippen LogP) is 1.00. The van der Waals surface area contributed by atoms with Gasteiger partial charge in [-0.2, -0.15) is 0 Å². The second kappa shape index (κ2) is 4.96. The van der Waals surface area contributed by atoms with E-state index in [4.69, 9.17) is 10.2 Å². The van der Waals surface area contributed by atoms with Crippen LogP contribution >= 0.6 is 0 Å². The van der Waals surface area contributed by atoms with Crippen molar-refractivity contribution >= 4 is 17.8 Å². The molecule has 6 heteroatoms. The highest BCUT2D eigenvalue weighted by Gasteiger charge is 2.44. The third-order valence-electron chi connectivity index (χ3n) is 3.41.